The number of nitrogen functional groups attached to an aromatic ring is 2. The zero-order valence-electron chi connectivity index (χ0n) is 16.6. The number of nitrogens with two attached hydrogens (primary N) is 2. The van der Waals surface area contributed by atoms with Crippen molar-refractivity contribution in [2.45, 2.75) is 16.7 Å². The lowest BCUT2D eigenvalue weighted by atomic mass is 10.3. The SMILES string of the molecule is Cc1nn(-c2cc(S(=O)(=O)O)ccc2S(=O)(=O)O)c(N)c1N=Nc1nc2ccc(N)cc2s1. The third kappa shape index (κ3) is 4.41. The first-order valence-corrected chi connectivity index (χ1v) is 12.6. The van der Waals surface area contributed by atoms with Crippen LogP contribution < -0.4 is 11.5 Å². The molecule has 0 saturated carbocycles. The van der Waals surface area contributed by atoms with Gasteiger partial charge in [-0.3, -0.25) is 9.11 Å². The first-order chi connectivity index (χ1) is 15.3. The Balaban J connectivity index is 1.83. The van der Waals surface area contributed by atoms with Crippen LogP contribution in [0.3, 0.4) is 0 Å². The third-order valence-corrected chi connectivity index (χ3v) is 7.09. The van der Waals surface area contributed by atoms with Crippen molar-refractivity contribution < 1.29 is 25.9 Å². The molecule has 2 aromatic heterocycles. The molecule has 33 heavy (non-hydrogen) atoms. The van der Waals surface area contributed by atoms with Crippen molar-refractivity contribution in [2.75, 3.05) is 11.5 Å². The van der Waals surface area contributed by atoms with E-state index in [1.165, 1.54) is 18.3 Å². The van der Waals surface area contributed by atoms with Crippen molar-refractivity contribution in [3.05, 3.63) is 42.1 Å². The highest BCUT2D eigenvalue weighted by molar-refractivity contribution is 7.86. The van der Waals surface area contributed by atoms with Crippen LogP contribution in [-0.2, 0) is 20.2 Å². The summed E-state index contributed by atoms with van der Waals surface area (Å²) in [6, 6.07) is 7.59. The minimum atomic E-state index is -4.80. The number of fused-ring (bicyclic) bond motifs is 1. The van der Waals surface area contributed by atoms with E-state index in [1.54, 1.807) is 18.2 Å². The number of aromatic nitrogens is 3. The van der Waals surface area contributed by atoms with E-state index in [0.29, 0.717) is 16.3 Å². The molecule has 172 valence electrons. The van der Waals surface area contributed by atoms with Crippen LogP contribution in [-0.4, -0.2) is 40.7 Å². The smallest absolute Gasteiger partial charge is 0.296 e. The lowest BCUT2D eigenvalue weighted by molar-refractivity contribution is 0.477. The Labute approximate surface area is 190 Å². The zero-order valence-corrected chi connectivity index (χ0v) is 19.1. The fraction of sp³-hybridized carbons (Fsp3) is 0.0588. The standard InChI is InChI=1S/C17H15N7O6S3/c1-8-15(21-22-17-20-11-4-2-9(18)6-13(11)31-17)16(19)24(23-8)12-7-10(32(25,26)27)3-5-14(12)33(28,29)30/h2-7H,18-19H2,1H3,(H,25,26,27)(H,28,29,30). The van der Waals surface area contributed by atoms with Crippen LogP contribution in [0.5, 0.6) is 0 Å². The lowest BCUT2D eigenvalue weighted by Crippen LogP contribution is -2.11. The molecule has 16 heteroatoms. The molecule has 0 aliphatic heterocycles. The van der Waals surface area contributed by atoms with Crippen LogP contribution in [0, 0.1) is 6.92 Å². The minimum Gasteiger partial charge on any atom is -0.399 e. The fourth-order valence-corrected chi connectivity index (χ4v) is 4.94. The van der Waals surface area contributed by atoms with Crippen LogP contribution >= 0.6 is 11.3 Å². The summed E-state index contributed by atoms with van der Waals surface area (Å²) in [6.45, 7) is 1.51. The van der Waals surface area contributed by atoms with E-state index < -0.39 is 35.7 Å². The van der Waals surface area contributed by atoms with E-state index in [-0.39, 0.29) is 17.2 Å². The topological polar surface area (TPSA) is 216 Å². The molecule has 0 bridgehead atoms. The molecule has 2 aromatic carbocycles. The van der Waals surface area contributed by atoms with Gasteiger partial charge in [-0.25, -0.2) is 9.67 Å². The van der Waals surface area contributed by atoms with Crippen molar-refractivity contribution in [3.63, 3.8) is 0 Å². The van der Waals surface area contributed by atoms with Gasteiger partial charge in [0.2, 0.25) is 5.13 Å². The molecule has 4 aromatic rings. The number of thiazole rings is 1. The maximum Gasteiger partial charge on any atom is 0.296 e. The molecular weight excluding hydrogens is 494 g/mol. The van der Waals surface area contributed by atoms with E-state index >= 15 is 0 Å². The molecule has 2 heterocycles. The van der Waals surface area contributed by atoms with E-state index in [0.717, 1.165) is 27.6 Å². The van der Waals surface area contributed by atoms with Crippen molar-refractivity contribution in [1.29, 1.82) is 0 Å². The molecule has 0 fully saturated rings. The molecule has 0 atom stereocenters. The monoisotopic (exact) mass is 509 g/mol. The molecular formula is C17H15N7O6S3. The van der Waals surface area contributed by atoms with Gasteiger partial charge in [0.1, 0.15) is 4.90 Å². The Kier molecular flexibility index (Phi) is 5.41. The van der Waals surface area contributed by atoms with Crippen molar-refractivity contribution in [2.24, 2.45) is 10.2 Å². The van der Waals surface area contributed by atoms with Crippen molar-refractivity contribution in [3.8, 4) is 5.69 Å². The van der Waals surface area contributed by atoms with Gasteiger partial charge in [-0.1, -0.05) is 11.3 Å². The predicted octanol–water partition coefficient (Wildman–Crippen LogP) is 2.86. The fourth-order valence-electron chi connectivity index (χ4n) is 2.95. The normalized spacial score (nSPS) is 12.7. The number of hydrogen-bond donors (Lipinski definition) is 4. The van der Waals surface area contributed by atoms with Gasteiger partial charge in [0.25, 0.3) is 20.2 Å². The quantitative estimate of drug-likeness (QED) is 0.175. The molecule has 0 aliphatic rings. The van der Waals surface area contributed by atoms with Crippen molar-refractivity contribution >= 4 is 64.1 Å². The van der Waals surface area contributed by atoms with Crippen LogP contribution in [0.25, 0.3) is 15.9 Å². The summed E-state index contributed by atoms with van der Waals surface area (Å²) in [5.41, 5.74) is 13.0. The second-order valence-electron chi connectivity index (χ2n) is 6.73. The Hall–Kier alpha value is -3.44. The molecule has 6 N–H and O–H groups in total. The van der Waals surface area contributed by atoms with E-state index in [2.05, 4.69) is 20.3 Å². The summed E-state index contributed by atoms with van der Waals surface area (Å²) in [6.07, 6.45) is 0. The molecule has 0 unspecified atom stereocenters. The van der Waals surface area contributed by atoms with Crippen LogP contribution in [0.15, 0.2) is 56.4 Å². The van der Waals surface area contributed by atoms with E-state index in [4.69, 9.17) is 11.5 Å². The number of rotatable bonds is 5. The predicted molar refractivity (Wildman–Crippen MR) is 121 cm³/mol. The van der Waals surface area contributed by atoms with Crippen LogP contribution in [0.1, 0.15) is 5.69 Å². The first kappa shape index (κ1) is 22.7. The van der Waals surface area contributed by atoms with Gasteiger partial charge in [0.05, 0.1) is 26.5 Å². The summed E-state index contributed by atoms with van der Waals surface area (Å²) in [5, 5.41) is 12.5. The Morgan fingerprint density at radius 3 is 2.39 bits per heavy atom. The zero-order chi connectivity index (χ0) is 24.1. The summed E-state index contributed by atoms with van der Waals surface area (Å²) in [4.78, 5) is 2.99. The molecule has 0 saturated heterocycles. The Bertz CT molecular complexity index is 1660. The molecule has 0 aliphatic carbocycles. The van der Waals surface area contributed by atoms with Crippen LogP contribution in [0.2, 0.25) is 0 Å². The highest BCUT2D eigenvalue weighted by atomic mass is 32.2. The van der Waals surface area contributed by atoms with Gasteiger partial charge in [-0.2, -0.15) is 21.9 Å². The summed E-state index contributed by atoms with van der Waals surface area (Å²) < 4.78 is 67.2. The lowest BCUT2D eigenvalue weighted by Gasteiger charge is -2.10. The molecule has 0 radical (unpaired) electrons. The Morgan fingerprint density at radius 1 is 1.00 bits per heavy atom. The summed E-state index contributed by atoms with van der Waals surface area (Å²) in [5.74, 6) is -0.195. The number of benzene rings is 2. The van der Waals surface area contributed by atoms with E-state index in [1.807, 2.05) is 0 Å². The second-order valence-corrected chi connectivity index (χ2v) is 10.6. The minimum absolute atomic E-state index is 0.0623. The van der Waals surface area contributed by atoms with E-state index in [9.17, 15) is 25.9 Å². The van der Waals surface area contributed by atoms with Gasteiger partial charge < -0.3 is 11.5 Å². The van der Waals surface area contributed by atoms with Gasteiger partial charge in [0.15, 0.2) is 11.5 Å². The molecule has 13 nitrogen and oxygen atoms in total. The summed E-state index contributed by atoms with van der Waals surface area (Å²) in [7, 11) is -9.49. The molecule has 4 rings (SSSR count). The number of hydrogen-bond acceptors (Lipinski definition) is 11. The number of nitrogens with zero attached hydrogens (tertiary/aromatic N) is 5. The second kappa shape index (κ2) is 7.85. The first-order valence-electron chi connectivity index (χ1n) is 8.87. The maximum atomic E-state index is 11.8. The van der Waals surface area contributed by atoms with Gasteiger partial charge in [0, 0.05) is 5.69 Å². The van der Waals surface area contributed by atoms with Crippen LogP contribution in [0.4, 0.5) is 22.3 Å². The van der Waals surface area contributed by atoms with Gasteiger partial charge >= 0.3 is 0 Å². The number of azo groups is 1. The number of aryl methyl sites for hydroxylation is 1. The molecule has 0 amide bonds. The van der Waals surface area contributed by atoms with Gasteiger partial charge in [-0.05, 0) is 43.3 Å². The average Bonchev–Trinajstić information content (AvgIpc) is 3.24. The average molecular weight is 510 g/mol. The molecule has 0 spiro atoms. The largest absolute Gasteiger partial charge is 0.399 e. The van der Waals surface area contributed by atoms with Gasteiger partial charge in [-0.15, -0.1) is 10.2 Å². The Morgan fingerprint density at radius 2 is 1.73 bits per heavy atom. The highest BCUT2D eigenvalue weighted by Gasteiger charge is 2.24. The third-order valence-electron chi connectivity index (χ3n) is 4.43. The number of anilines is 2. The maximum absolute atomic E-state index is 11.8. The highest BCUT2D eigenvalue weighted by Crippen LogP contribution is 2.35. The van der Waals surface area contributed by atoms with Crippen molar-refractivity contribution in [1.82, 2.24) is 14.8 Å². The summed E-state index contributed by atoms with van der Waals surface area (Å²) >= 11 is 1.23.